The summed E-state index contributed by atoms with van der Waals surface area (Å²) in [6.45, 7) is 3.61. The van der Waals surface area contributed by atoms with Crippen LogP contribution in [0.5, 0.6) is 0 Å². The first-order chi connectivity index (χ1) is 14.4. The van der Waals surface area contributed by atoms with Gasteiger partial charge in [-0.05, 0) is 36.8 Å². The highest BCUT2D eigenvalue weighted by Gasteiger charge is 2.56. The Balaban J connectivity index is 1.86. The SMILES string of the molecule is CCNC(=O)[C@H]1[C@H](CO)[C@H]2Cn3c(ccc(-c4ccc(F)cc4)c3=O)[C@@H]1N2C(C)=O. The third-order valence-electron chi connectivity index (χ3n) is 6.22. The van der Waals surface area contributed by atoms with E-state index >= 15 is 0 Å². The number of hydrogen-bond donors (Lipinski definition) is 2. The standard InChI is InChI=1S/C22H24FN3O4/c1-3-24-21(29)19-16(11-27)18-10-25-17(20(19)26(18)12(2)28)9-8-15(22(25)30)13-4-6-14(23)7-5-13/h4-9,16,18-20,27H,3,10-11H2,1-2H3,(H,24,29)/t16-,18-,19+,20+/m1/s1. The Morgan fingerprint density at radius 2 is 1.90 bits per heavy atom. The van der Waals surface area contributed by atoms with Crippen molar-refractivity contribution in [3.05, 3.63) is 58.3 Å². The van der Waals surface area contributed by atoms with Gasteiger partial charge in [0.05, 0.1) is 18.0 Å². The Hall–Kier alpha value is -3.00. The number of nitrogens with one attached hydrogen (secondary N) is 1. The minimum absolute atomic E-state index is 0.195. The molecule has 1 aromatic heterocycles. The molecule has 2 bridgehead atoms. The number of aromatic nitrogens is 1. The van der Waals surface area contributed by atoms with Crippen LogP contribution in [-0.2, 0) is 16.1 Å². The van der Waals surface area contributed by atoms with E-state index < -0.39 is 23.9 Å². The first-order valence-electron chi connectivity index (χ1n) is 10.1. The lowest BCUT2D eigenvalue weighted by Crippen LogP contribution is -2.48. The monoisotopic (exact) mass is 413 g/mol. The highest BCUT2D eigenvalue weighted by atomic mass is 19.1. The van der Waals surface area contributed by atoms with Gasteiger partial charge >= 0.3 is 0 Å². The predicted molar refractivity (Wildman–Crippen MR) is 108 cm³/mol. The van der Waals surface area contributed by atoms with Gasteiger partial charge in [0.1, 0.15) is 5.82 Å². The van der Waals surface area contributed by atoms with Crippen molar-refractivity contribution in [3.63, 3.8) is 0 Å². The minimum Gasteiger partial charge on any atom is -0.396 e. The molecule has 2 N–H and O–H groups in total. The first kappa shape index (κ1) is 20.3. The molecule has 3 heterocycles. The van der Waals surface area contributed by atoms with E-state index in [1.54, 1.807) is 33.7 Å². The van der Waals surface area contributed by atoms with Crippen LogP contribution >= 0.6 is 0 Å². The van der Waals surface area contributed by atoms with E-state index in [1.165, 1.54) is 19.1 Å². The van der Waals surface area contributed by atoms with Crippen LogP contribution in [0.15, 0.2) is 41.2 Å². The summed E-state index contributed by atoms with van der Waals surface area (Å²) in [5.74, 6) is -1.94. The second-order valence-electron chi connectivity index (χ2n) is 7.80. The third-order valence-corrected chi connectivity index (χ3v) is 6.22. The van der Waals surface area contributed by atoms with Crippen molar-refractivity contribution in [3.8, 4) is 11.1 Å². The lowest BCUT2D eigenvalue weighted by Gasteiger charge is -2.37. The second kappa shape index (κ2) is 7.68. The number of rotatable bonds is 4. The lowest BCUT2D eigenvalue weighted by molar-refractivity contribution is -0.134. The van der Waals surface area contributed by atoms with Crippen molar-refractivity contribution in [1.82, 2.24) is 14.8 Å². The predicted octanol–water partition coefficient (Wildman–Crippen LogP) is 1.30. The van der Waals surface area contributed by atoms with E-state index in [-0.39, 0.29) is 36.3 Å². The minimum atomic E-state index is -0.645. The van der Waals surface area contributed by atoms with Crippen molar-refractivity contribution in [1.29, 1.82) is 0 Å². The maximum absolute atomic E-state index is 13.3. The first-order valence-corrected chi connectivity index (χ1v) is 10.1. The fourth-order valence-electron chi connectivity index (χ4n) is 4.98. The molecule has 4 rings (SSSR count). The highest BCUT2D eigenvalue weighted by Crippen LogP contribution is 2.48. The van der Waals surface area contributed by atoms with Gasteiger partial charge < -0.3 is 19.9 Å². The van der Waals surface area contributed by atoms with Crippen molar-refractivity contribution < 1.29 is 19.1 Å². The van der Waals surface area contributed by atoms with Crippen LogP contribution in [0.25, 0.3) is 11.1 Å². The van der Waals surface area contributed by atoms with Gasteiger partial charge in [-0.3, -0.25) is 14.4 Å². The average molecular weight is 413 g/mol. The number of pyridine rings is 1. The number of amides is 2. The number of aliphatic hydroxyl groups is 1. The molecule has 1 fully saturated rings. The molecule has 0 unspecified atom stereocenters. The van der Waals surface area contributed by atoms with Crippen molar-refractivity contribution in [2.45, 2.75) is 32.5 Å². The van der Waals surface area contributed by atoms with Crippen LogP contribution in [-0.4, -0.2) is 45.6 Å². The summed E-state index contributed by atoms with van der Waals surface area (Å²) in [4.78, 5) is 40.2. The maximum atomic E-state index is 13.3. The number of carbonyl (C=O) groups excluding carboxylic acids is 2. The molecule has 2 aromatic rings. The fraction of sp³-hybridized carbons (Fsp3) is 0.409. The summed E-state index contributed by atoms with van der Waals surface area (Å²) < 4.78 is 14.9. The summed E-state index contributed by atoms with van der Waals surface area (Å²) >= 11 is 0. The number of carbonyl (C=O) groups is 2. The second-order valence-corrected chi connectivity index (χ2v) is 7.80. The Labute approximate surface area is 173 Å². The molecule has 2 aliphatic rings. The van der Waals surface area contributed by atoms with Gasteiger partial charge in [0.2, 0.25) is 11.8 Å². The zero-order valence-corrected chi connectivity index (χ0v) is 16.8. The molecule has 0 aliphatic carbocycles. The van der Waals surface area contributed by atoms with Crippen LogP contribution < -0.4 is 10.9 Å². The molecule has 158 valence electrons. The van der Waals surface area contributed by atoms with Crippen molar-refractivity contribution >= 4 is 11.8 Å². The molecule has 0 saturated carbocycles. The van der Waals surface area contributed by atoms with Crippen LogP contribution in [0.2, 0.25) is 0 Å². The smallest absolute Gasteiger partial charge is 0.258 e. The number of aliphatic hydroxyl groups excluding tert-OH is 1. The van der Waals surface area contributed by atoms with Gasteiger partial charge in [-0.1, -0.05) is 12.1 Å². The van der Waals surface area contributed by atoms with E-state index in [0.29, 0.717) is 23.4 Å². The molecular weight excluding hydrogens is 389 g/mol. The van der Waals surface area contributed by atoms with Gasteiger partial charge in [0.25, 0.3) is 5.56 Å². The molecule has 0 spiro atoms. The van der Waals surface area contributed by atoms with E-state index in [2.05, 4.69) is 5.32 Å². The summed E-state index contributed by atoms with van der Waals surface area (Å²) in [6.07, 6.45) is 0. The quantitative estimate of drug-likeness (QED) is 0.791. The van der Waals surface area contributed by atoms with E-state index in [1.807, 2.05) is 6.92 Å². The zero-order valence-electron chi connectivity index (χ0n) is 16.8. The largest absolute Gasteiger partial charge is 0.396 e. The van der Waals surface area contributed by atoms with Crippen LogP contribution in [0.1, 0.15) is 25.6 Å². The van der Waals surface area contributed by atoms with Crippen molar-refractivity contribution in [2.75, 3.05) is 13.2 Å². The Kier molecular flexibility index (Phi) is 5.19. The Morgan fingerprint density at radius 1 is 1.20 bits per heavy atom. The average Bonchev–Trinajstić information content (AvgIpc) is 2.97. The summed E-state index contributed by atoms with van der Waals surface area (Å²) in [7, 11) is 0. The van der Waals surface area contributed by atoms with E-state index in [0.717, 1.165) is 0 Å². The molecule has 7 nitrogen and oxygen atoms in total. The van der Waals surface area contributed by atoms with E-state index in [4.69, 9.17) is 0 Å². The highest BCUT2D eigenvalue weighted by molar-refractivity contribution is 5.83. The van der Waals surface area contributed by atoms with Gasteiger partial charge in [-0.15, -0.1) is 0 Å². The van der Waals surface area contributed by atoms with Gasteiger partial charge in [-0.2, -0.15) is 0 Å². The molecule has 0 radical (unpaired) electrons. The van der Waals surface area contributed by atoms with Crippen LogP contribution in [0.3, 0.4) is 0 Å². The zero-order chi connectivity index (χ0) is 21.6. The molecule has 2 amide bonds. The maximum Gasteiger partial charge on any atom is 0.258 e. The van der Waals surface area contributed by atoms with Crippen LogP contribution in [0.4, 0.5) is 4.39 Å². The van der Waals surface area contributed by atoms with Gasteiger partial charge in [0.15, 0.2) is 0 Å². The molecule has 2 aliphatic heterocycles. The third kappa shape index (κ3) is 3.02. The summed E-state index contributed by atoms with van der Waals surface area (Å²) in [5, 5.41) is 12.9. The molecule has 30 heavy (non-hydrogen) atoms. The number of fused-ring (bicyclic) bond motifs is 4. The Morgan fingerprint density at radius 3 is 2.50 bits per heavy atom. The molecular formula is C22H24FN3O4. The molecule has 1 saturated heterocycles. The number of hydrogen-bond acceptors (Lipinski definition) is 4. The molecule has 8 heteroatoms. The normalized spacial score (nSPS) is 24.5. The molecule has 4 atom stereocenters. The van der Waals surface area contributed by atoms with Crippen LogP contribution in [0, 0.1) is 17.7 Å². The summed E-state index contributed by atoms with van der Waals surface area (Å²) in [5.41, 5.74) is 1.33. The number of benzene rings is 1. The number of halogens is 1. The van der Waals surface area contributed by atoms with E-state index in [9.17, 15) is 23.9 Å². The number of nitrogens with zero attached hydrogens (tertiary/aromatic N) is 2. The summed E-state index contributed by atoms with van der Waals surface area (Å²) in [6, 6.07) is 8.02. The van der Waals surface area contributed by atoms with Gasteiger partial charge in [0, 0.05) is 43.8 Å². The Bertz CT molecular complexity index is 1050. The topological polar surface area (TPSA) is 91.6 Å². The molecule has 1 aromatic carbocycles. The lowest BCUT2D eigenvalue weighted by atomic mass is 9.86. The fourth-order valence-corrected chi connectivity index (χ4v) is 4.98. The van der Waals surface area contributed by atoms with Crippen molar-refractivity contribution in [2.24, 2.45) is 11.8 Å². The van der Waals surface area contributed by atoms with Gasteiger partial charge in [-0.25, -0.2) is 4.39 Å².